The van der Waals surface area contributed by atoms with E-state index in [1.807, 2.05) is 0 Å². The van der Waals surface area contributed by atoms with Crippen molar-refractivity contribution in [1.29, 1.82) is 0 Å². The SMILES string of the molecule is CCCCCC(CNCCC)Cc1ccccc1. The Morgan fingerprint density at radius 3 is 2.44 bits per heavy atom. The normalized spacial score (nSPS) is 12.6. The number of unbranched alkanes of at least 4 members (excludes halogenated alkanes) is 2. The molecule has 1 aromatic carbocycles. The molecule has 1 aromatic rings. The fourth-order valence-electron chi connectivity index (χ4n) is 2.39. The maximum atomic E-state index is 3.58. The van der Waals surface area contributed by atoms with Gasteiger partial charge < -0.3 is 5.32 Å². The zero-order chi connectivity index (χ0) is 13.1. The molecule has 1 rings (SSSR count). The van der Waals surface area contributed by atoms with E-state index in [2.05, 4.69) is 49.5 Å². The third-order valence-electron chi connectivity index (χ3n) is 3.44. The lowest BCUT2D eigenvalue weighted by Gasteiger charge is -2.17. The van der Waals surface area contributed by atoms with Crippen molar-refractivity contribution in [2.24, 2.45) is 5.92 Å². The molecule has 0 saturated carbocycles. The monoisotopic (exact) mass is 247 g/mol. The van der Waals surface area contributed by atoms with Gasteiger partial charge in [0, 0.05) is 0 Å². The summed E-state index contributed by atoms with van der Waals surface area (Å²) in [7, 11) is 0. The lowest BCUT2D eigenvalue weighted by atomic mass is 9.93. The van der Waals surface area contributed by atoms with Crippen LogP contribution in [0.1, 0.15) is 51.5 Å². The van der Waals surface area contributed by atoms with Gasteiger partial charge in [-0.05, 0) is 43.8 Å². The van der Waals surface area contributed by atoms with Crippen LogP contribution in [0.3, 0.4) is 0 Å². The fraction of sp³-hybridized carbons (Fsp3) is 0.647. The Balaban J connectivity index is 2.37. The highest BCUT2D eigenvalue weighted by Crippen LogP contribution is 2.15. The van der Waals surface area contributed by atoms with Crippen molar-refractivity contribution in [3.63, 3.8) is 0 Å². The van der Waals surface area contributed by atoms with Crippen LogP contribution in [0.15, 0.2) is 30.3 Å². The predicted octanol–water partition coefficient (Wildman–Crippen LogP) is 4.43. The number of rotatable bonds is 10. The third-order valence-corrected chi connectivity index (χ3v) is 3.44. The number of nitrogens with one attached hydrogen (secondary N) is 1. The largest absolute Gasteiger partial charge is 0.316 e. The molecule has 0 radical (unpaired) electrons. The molecule has 102 valence electrons. The minimum absolute atomic E-state index is 0.797. The fourth-order valence-corrected chi connectivity index (χ4v) is 2.39. The second-order valence-corrected chi connectivity index (χ2v) is 5.26. The summed E-state index contributed by atoms with van der Waals surface area (Å²) in [4.78, 5) is 0. The van der Waals surface area contributed by atoms with Gasteiger partial charge in [0.1, 0.15) is 0 Å². The first-order valence-electron chi connectivity index (χ1n) is 7.61. The summed E-state index contributed by atoms with van der Waals surface area (Å²) >= 11 is 0. The third kappa shape index (κ3) is 6.80. The van der Waals surface area contributed by atoms with E-state index in [0.29, 0.717) is 0 Å². The molecule has 1 atom stereocenters. The van der Waals surface area contributed by atoms with Gasteiger partial charge in [-0.3, -0.25) is 0 Å². The maximum Gasteiger partial charge on any atom is -0.00173 e. The van der Waals surface area contributed by atoms with Crippen LogP contribution in [0, 0.1) is 5.92 Å². The molecule has 18 heavy (non-hydrogen) atoms. The highest BCUT2D eigenvalue weighted by atomic mass is 14.8. The van der Waals surface area contributed by atoms with Crippen molar-refractivity contribution < 1.29 is 0 Å². The van der Waals surface area contributed by atoms with E-state index in [-0.39, 0.29) is 0 Å². The van der Waals surface area contributed by atoms with E-state index in [1.165, 1.54) is 50.6 Å². The maximum absolute atomic E-state index is 3.58. The van der Waals surface area contributed by atoms with Gasteiger partial charge in [0.15, 0.2) is 0 Å². The zero-order valence-electron chi connectivity index (χ0n) is 12.1. The highest BCUT2D eigenvalue weighted by Gasteiger charge is 2.08. The first-order chi connectivity index (χ1) is 8.86. The van der Waals surface area contributed by atoms with Gasteiger partial charge in [-0.2, -0.15) is 0 Å². The molecule has 1 unspecified atom stereocenters. The molecule has 0 amide bonds. The summed E-state index contributed by atoms with van der Waals surface area (Å²) in [5, 5.41) is 3.58. The lowest BCUT2D eigenvalue weighted by molar-refractivity contribution is 0.424. The van der Waals surface area contributed by atoms with Gasteiger partial charge in [0.05, 0.1) is 0 Å². The van der Waals surface area contributed by atoms with E-state index in [0.717, 1.165) is 12.5 Å². The van der Waals surface area contributed by atoms with Crippen LogP contribution in [-0.4, -0.2) is 13.1 Å². The molecule has 0 aliphatic rings. The molecule has 0 bridgehead atoms. The molecular weight excluding hydrogens is 218 g/mol. The van der Waals surface area contributed by atoms with Crippen molar-refractivity contribution in [2.45, 2.75) is 52.4 Å². The first kappa shape index (κ1) is 15.2. The molecule has 1 nitrogen and oxygen atoms in total. The summed E-state index contributed by atoms with van der Waals surface area (Å²) in [6.45, 7) is 6.84. The van der Waals surface area contributed by atoms with Crippen LogP contribution < -0.4 is 5.32 Å². The summed E-state index contributed by atoms with van der Waals surface area (Å²) in [6.07, 6.45) is 7.88. The second kappa shape index (κ2) is 10.1. The van der Waals surface area contributed by atoms with Crippen LogP contribution in [0.5, 0.6) is 0 Å². The van der Waals surface area contributed by atoms with Crippen LogP contribution in [-0.2, 0) is 6.42 Å². The van der Waals surface area contributed by atoms with Gasteiger partial charge in [0.25, 0.3) is 0 Å². The van der Waals surface area contributed by atoms with Crippen LogP contribution in [0.25, 0.3) is 0 Å². The second-order valence-electron chi connectivity index (χ2n) is 5.26. The highest BCUT2D eigenvalue weighted by molar-refractivity contribution is 5.15. The Morgan fingerprint density at radius 2 is 1.78 bits per heavy atom. The Kier molecular flexibility index (Phi) is 8.58. The summed E-state index contributed by atoms with van der Waals surface area (Å²) in [5.74, 6) is 0.797. The lowest BCUT2D eigenvalue weighted by Crippen LogP contribution is -2.25. The van der Waals surface area contributed by atoms with E-state index in [1.54, 1.807) is 0 Å². The number of hydrogen-bond donors (Lipinski definition) is 1. The van der Waals surface area contributed by atoms with Gasteiger partial charge in [-0.25, -0.2) is 0 Å². The van der Waals surface area contributed by atoms with Gasteiger partial charge in [-0.1, -0.05) is 63.4 Å². The van der Waals surface area contributed by atoms with Crippen molar-refractivity contribution in [3.05, 3.63) is 35.9 Å². The van der Waals surface area contributed by atoms with Crippen molar-refractivity contribution >= 4 is 0 Å². The van der Waals surface area contributed by atoms with E-state index >= 15 is 0 Å². The number of hydrogen-bond acceptors (Lipinski definition) is 1. The number of benzene rings is 1. The predicted molar refractivity (Wildman–Crippen MR) is 80.9 cm³/mol. The smallest absolute Gasteiger partial charge is 0.00173 e. The average Bonchev–Trinajstić information content (AvgIpc) is 2.40. The topological polar surface area (TPSA) is 12.0 Å². The summed E-state index contributed by atoms with van der Waals surface area (Å²) in [6, 6.07) is 10.9. The Morgan fingerprint density at radius 1 is 1.00 bits per heavy atom. The van der Waals surface area contributed by atoms with E-state index in [4.69, 9.17) is 0 Å². The van der Waals surface area contributed by atoms with Crippen molar-refractivity contribution in [2.75, 3.05) is 13.1 Å². The molecular formula is C17H29N. The van der Waals surface area contributed by atoms with Crippen LogP contribution in [0.4, 0.5) is 0 Å². The first-order valence-corrected chi connectivity index (χ1v) is 7.61. The molecule has 0 aliphatic carbocycles. The molecule has 0 saturated heterocycles. The Hall–Kier alpha value is -0.820. The van der Waals surface area contributed by atoms with Crippen LogP contribution in [0.2, 0.25) is 0 Å². The minimum atomic E-state index is 0.797. The van der Waals surface area contributed by atoms with E-state index in [9.17, 15) is 0 Å². The molecule has 0 spiro atoms. The molecule has 0 aromatic heterocycles. The minimum Gasteiger partial charge on any atom is -0.316 e. The standard InChI is InChI=1S/C17H29N/c1-3-5-7-12-17(15-18-13-4-2)14-16-10-8-6-9-11-16/h6,8-11,17-18H,3-5,7,12-15H2,1-2H3. The average molecular weight is 247 g/mol. The zero-order valence-corrected chi connectivity index (χ0v) is 12.1. The Labute approximate surface area is 113 Å². The summed E-state index contributed by atoms with van der Waals surface area (Å²) < 4.78 is 0. The van der Waals surface area contributed by atoms with Gasteiger partial charge >= 0.3 is 0 Å². The van der Waals surface area contributed by atoms with E-state index < -0.39 is 0 Å². The van der Waals surface area contributed by atoms with Crippen molar-refractivity contribution in [3.8, 4) is 0 Å². The quantitative estimate of drug-likeness (QED) is 0.603. The van der Waals surface area contributed by atoms with Crippen molar-refractivity contribution in [1.82, 2.24) is 5.32 Å². The van der Waals surface area contributed by atoms with Crippen LogP contribution >= 0.6 is 0 Å². The van der Waals surface area contributed by atoms with Gasteiger partial charge in [0.2, 0.25) is 0 Å². The summed E-state index contributed by atoms with van der Waals surface area (Å²) in [5.41, 5.74) is 1.48. The molecule has 1 heteroatoms. The Bertz CT molecular complexity index is 271. The van der Waals surface area contributed by atoms with Gasteiger partial charge in [-0.15, -0.1) is 0 Å². The molecule has 0 fully saturated rings. The molecule has 1 N–H and O–H groups in total. The molecule has 0 aliphatic heterocycles. The molecule has 0 heterocycles.